The van der Waals surface area contributed by atoms with Crippen LogP contribution >= 0.6 is 11.6 Å². The molecule has 3 nitrogen and oxygen atoms in total. The van der Waals surface area contributed by atoms with Gasteiger partial charge in [-0.15, -0.1) is 11.6 Å². The van der Waals surface area contributed by atoms with Crippen molar-refractivity contribution in [2.75, 3.05) is 0 Å². The quantitative estimate of drug-likeness (QED) is 0.780. The van der Waals surface area contributed by atoms with Gasteiger partial charge in [-0.3, -0.25) is 0 Å². The first-order valence-corrected chi connectivity index (χ1v) is 7.64. The van der Waals surface area contributed by atoms with Gasteiger partial charge in [-0.25, -0.2) is 13.8 Å². The molecule has 4 rings (SSSR count). The molecule has 2 fully saturated rings. The third-order valence-electron chi connectivity index (χ3n) is 4.50. The number of aromatic nitrogens is 2. The zero-order valence-electron chi connectivity index (χ0n) is 11.5. The zero-order valence-corrected chi connectivity index (χ0v) is 12.3. The fraction of sp³-hybridized carbons (Fsp3) is 0.533. The van der Waals surface area contributed by atoms with Crippen LogP contribution in [0.2, 0.25) is 0 Å². The molecule has 1 aromatic carbocycles. The maximum atomic E-state index is 14.0. The van der Waals surface area contributed by atoms with E-state index in [1.54, 1.807) is 6.92 Å². The van der Waals surface area contributed by atoms with Crippen LogP contribution in [0.5, 0.6) is 0 Å². The van der Waals surface area contributed by atoms with Crippen molar-refractivity contribution < 1.29 is 13.5 Å². The maximum absolute atomic E-state index is 14.0. The van der Waals surface area contributed by atoms with E-state index in [0.29, 0.717) is 11.3 Å². The molecule has 0 amide bonds. The first kappa shape index (κ1) is 13.5. The minimum atomic E-state index is -0.647. The average Bonchev–Trinajstić information content (AvgIpc) is 3.09. The predicted molar refractivity (Wildman–Crippen MR) is 75.5 cm³/mol. The molecular formula is C15H15ClF2N2O. The van der Waals surface area contributed by atoms with E-state index in [1.807, 2.05) is 4.57 Å². The fourth-order valence-electron chi connectivity index (χ4n) is 3.65. The van der Waals surface area contributed by atoms with Crippen LogP contribution in [0.25, 0.3) is 11.0 Å². The van der Waals surface area contributed by atoms with Crippen molar-refractivity contribution >= 4 is 22.6 Å². The maximum Gasteiger partial charge on any atom is 0.153 e. The summed E-state index contributed by atoms with van der Waals surface area (Å²) in [5, 5.41) is -0.376. The molecule has 2 bridgehead atoms. The van der Waals surface area contributed by atoms with Gasteiger partial charge in [-0.1, -0.05) is 0 Å². The molecule has 2 aromatic rings. The molecule has 2 saturated heterocycles. The molecule has 21 heavy (non-hydrogen) atoms. The van der Waals surface area contributed by atoms with Crippen molar-refractivity contribution in [3.63, 3.8) is 0 Å². The Hall–Kier alpha value is -1.20. The molecule has 2 aliphatic rings. The standard InChI is InChI=1S/C15H15ClF2N2O/c1-7(16)15-19-14-10(18)4-8(17)5-12(14)20(15)11-6-9-2-3-13(11)21-9/h4-5,7,9,11,13H,2-3,6H2,1H3. The van der Waals surface area contributed by atoms with Crippen molar-refractivity contribution in [3.05, 3.63) is 29.6 Å². The molecule has 112 valence electrons. The molecule has 3 heterocycles. The van der Waals surface area contributed by atoms with E-state index in [1.165, 1.54) is 6.07 Å². The second-order valence-corrected chi connectivity index (χ2v) is 6.54. The Morgan fingerprint density at radius 1 is 1.38 bits per heavy atom. The lowest BCUT2D eigenvalue weighted by atomic mass is 9.95. The van der Waals surface area contributed by atoms with Gasteiger partial charge in [-0.05, 0) is 32.3 Å². The van der Waals surface area contributed by atoms with Crippen LogP contribution in [0.4, 0.5) is 8.78 Å². The van der Waals surface area contributed by atoms with Crippen molar-refractivity contribution in [2.24, 2.45) is 0 Å². The molecule has 0 N–H and O–H groups in total. The van der Waals surface area contributed by atoms with Gasteiger partial charge in [0.2, 0.25) is 0 Å². The van der Waals surface area contributed by atoms with Gasteiger partial charge in [0.15, 0.2) is 5.82 Å². The number of halogens is 3. The smallest absolute Gasteiger partial charge is 0.153 e. The van der Waals surface area contributed by atoms with Crippen LogP contribution in [0, 0.1) is 11.6 Å². The molecule has 6 heteroatoms. The molecule has 1 aromatic heterocycles. The lowest BCUT2D eigenvalue weighted by Crippen LogP contribution is -2.23. The van der Waals surface area contributed by atoms with Crippen molar-refractivity contribution in [3.8, 4) is 0 Å². The van der Waals surface area contributed by atoms with Gasteiger partial charge in [0.25, 0.3) is 0 Å². The predicted octanol–water partition coefficient (Wildman–Crippen LogP) is 4.11. The minimum absolute atomic E-state index is 0.0612. The first-order valence-electron chi connectivity index (χ1n) is 7.21. The van der Waals surface area contributed by atoms with Gasteiger partial charge in [0.1, 0.15) is 17.2 Å². The Balaban J connectivity index is 1.95. The molecule has 0 spiro atoms. The second-order valence-electron chi connectivity index (χ2n) is 5.89. The summed E-state index contributed by atoms with van der Waals surface area (Å²) in [6, 6.07) is 2.26. The van der Waals surface area contributed by atoms with E-state index in [9.17, 15) is 8.78 Å². The third-order valence-corrected chi connectivity index (χ3v) is 4.70. The second kappa shape index (κ2) is 4.65. The normalized spacial score (nSPS) is 29.4. The van der Waals surface area contributed by atoms with Gasteiger partial charge in [0, 0.05) is 6.07 Å². The number of rotatable bonds is 2. The highest BCUT2D eigenvalue weighted by Crippen LogP contribution is 2.44. The summed E-state index contributed by atoms with van der Waals surface area (Å²) in [7, 11) is 0. The van der Waals surface area contributed by atoms with Crippen LogP contribution in [0.3, 0.4) is 0 Å². The summed E-state index contributed by atoms with van der Waals surface area (Å²) in [5.74, 6) is -0.664. The highest BCUT2D eigenvalue weighted by molar-refractivity contribution is 6.20. The highest BCUT2D eigenvalue weighted by atomic mass is 35.5. The van der Waals surface area contributed by atoms with Gasteiger partial charge in [0.05, 0.1) is 29.1 Å². The van der Waals surface area contributed by atoms with E-state index in [0.717, 1.165) is 25.3 Å². The molecule has 0 aliphatic carbocycles. The highest BCUT2D eigenvalue weighted by Gasteiger charge is 2.43. The van der Waals surface area contributed by atoms with E-state index in [4.69, 9.17) is 16.3 Å². The van der Waals surface area contributed by atoms with Gasteiger partial charge >= 0.3 is 0 Å². The Morgan fingerprint density at radius 3 is 2.81 bits per heavy atom. The van der Waals surface area contributed by atoms with E-state index in [2.05, 4.69) is 4.98 Å². The lowest BCUT2D eigenvalue weighted by molar-refractivity contribution is 0.0939. The molecule has 0 radical (unpaired) electrons. The molecule has 4 atom stereocenters. The fourth-order valence-corrected chi connectivity index (χ4v) is 3.80. The Labute approximate surface area is 125 Å². The van der Waals surface area contributed by atoms with E-state index >= 15 is 0 Å². The molecule has 4 unspecified atom stereocenters. The summed E-state index contributed by atoms with van der Waals surface area (Å²) in [5.41, 5.74) is 0.651. The number of alkyl halides is 1. The number of imidazole rings is 1. The summed E-state index contributed by atoms with van der Waals surface area (Å²) in [6.45, 7) is 1.79. The van der Waals surface area contributed by atoms with Crippen LogP contribution < -0.4 is 0 Å². The largest absolute Gasteiger partial charge is 0.373 e. The number of ether oxygens (including phenoxy) is 1. The summed E-state index contributed by atoms with van der Waals surface area (Å²) in [4.78, 5) is 4.31. The molecule has 0 saturated carbocycles. The molecular weight excluding hydrogens is 298 g/mol. The van der Waals surface area contributed by atoms with Crippen molar-refractivity contribution in [2.45, 2.75) is 49.8 Å². The van der Waals surface area contributed by atoms with Crippen LogP contribution in [0.15, 0.2) is 12.1 Å². The number of hydrogen-bond donors (Lipinski definition) is 0. The van der Waals surface area contributed by atoms with Crippen LogP contribution in [-0.2, 0) is 4.74 Å². The summed E-state index contributed by atoms with van der Waals surface area (Å²) >= 11 is 6.21. The first-order chi connectivity index (χ1) is 10.0. The SMILES string of the molecule is CC(Cl)c1nc2c(F)cc(F)cc2n1C1CC2CCC1O2. The summed E-state index contributed by atoms with van der Waals surface area (Å²) < 4.78 is 35.4. The minimum Gasteiger partial charge on any atom is -0.373 e. The van der Waals surface area contributed by atoms with Gasteiger partial charge in [-0.2, -0.15) is 0 Å². The Bertz CT molecular complexity index is 715. The topological polar surface area (TPSA) is 27.1 Å². The van der Waals surface area contributed by atoms with Crippen molar-refractivity contribution in [1.82, 2.24) is 9.55 Å². The van der Waals surface area contributed by atoms with Crippen LogP contribution in [0.1, 0.15) is 43.4 Å². The average molecular weight is 313 g/mol. The number of fused-ring (bicyclic) bond motifs is 3. The summed E-state index contributed by atoms with van der Waals surface area (Å²) in [6.07, 6.45) is 3.22. The van der Waals surface area contributed by atoms with Crippen molar-refractivity contribution in [1.29, 1.82) is 0 Å². The lowest BCUT2D eigenvalue weighted by Gasteiger charge is -2.23. The Morgan fingerprint density at radius 2 is 2.19 bits per heavy atom. The number of hydrogen-bond acceptors (Lipinski definition) is 2. The molecule has 2 aliphatic heterocycles. The monoisotopic (exact) mass is 312 g/mol. The van der Waals surface area contributed by atoms with E-state index < -0.39 is 11.6 Å². The number of benzene rings is 1. The Kier molecular flexibility index (Phi) is 2.98. The number of nitrogens with zero attached hydrogens (tertiary/aromatic N) is 2. The van der Waals surface area contributed by atoms with Gasteiger partial charge < -0.3 is 9.30 Å². The van der Waals surface area contributed by atoms with E-state index in [-0.39, 0.29) is 29.1 Å². The van der Waals surface area contributed by atoms with Crippen LogP contribution in [-0.4, -0.2) is 21.8 Å². The zero-order chi connectivity index (χ0) is 14.7. The third kappa shape index (κ3) is 1.98.